The van der Waals surface area contributed by atoms with Gasteiger partial charge in [0.25, 0.3) is 5.91 Å². The quantitative estimate of drug-likeness (QED) is 0.646. The third-order valence-electron chi connectivity index (χ3n) is 5.11. The molecular formula is C23H24N2O4. The molecule has 2 heterocycles. The SMILES string of the molecule is COc1cccc(-c2cc(C(=O)N3CCC(Oc4cccc(C)c4)CC3)on2)c1. The summed E-state index contributed by atoms with van der Waals surface area (Å²) < 4.78 is 16.6. The van der Waals surface area contributed by atoms with E-state index in [2.05, 4.69) is 5.16 Å². The fourth-order valence-corrected chi connectivity index (χ4v) is 3.51. The number of amides is 1. The number of hydrogen-bond acceptors (Lipinski definition) is 5. The van der Waals surface area contributed by atoms with Gasteiger partial charge in [-0.15, -0.1) is 0 Å². The van der Waals surface area contributed by atoms with E-state index in [0.717, 1.165) is 29.9 Å². The summed E-state index contributed by atoms with van der Waals surface area (Å²) in [6.07, 6.45) is 1.69. The molecule has 1 amide bonds. The molecule has 150 valence electrons. The second-order valence-corrected chi connectivity index (χ2v) is 7.23. The van der Waals surface area contributed by atoms with E-state index in [0.29, 0.717) is 18.8 Å². The van der Waals surface area contributed by atoms with E-state index in [9.17, 15) is 4.79 Å². The minimum atomic E-state index is -0.138. The van der Waals surface area contributed by atoms with E-state index in [1.807, 2.05) is 55.5 Å². The molecule has 0 spiro atoms. The molecule has 0 unspecified atom stereocenters. The van der Waals surface area contributed by atoms with Crippen molar-refractivity contribution in [2.75, 3.05) is 20.2 Å². The summed E-state index contributed by atoms with van der Waals surface area (Å²) in [5, 5.41) is 4.05. The Labute approximate surface area is 170 Å². The van der Waals surface area contributed by atoms with Gasteiger partial charge in [0.15, 0.2) is 0 Å². The highest BCUT2D eigenvalue weighted by Crippen LogP contribution is 2.25. The lowest BCUT2D eigenvalue weighted by Crippen LogP contribution is -2.41. The third kappa shape index (κ3) is 4.42. The molecule has 29 heavy (non-hydrogen) atoms. The van der Waals surface area contributed by atoms with Gasteiger partial charge in [-0.2, -0.15) is 0 Å². The number of hydrogen-bond donors (Lipinski definition) is 0. The molecule has 0 saturated carbocycles. The standard InChI is InChI=1S/C23H24N2O4/c1-16-5-3-8-20(13-16)28-18-9-11-25(12-10-18)23(26)22-15-21(24-29-22)17-6-4-7-19(14-17)27-2/h3-8,13-15,18H,9-12H2,1-2H3. The lowest BCUT2D eigenvalue weighted by atomic mass is 10.1. The average Bonchev–Trinajstić information content (AvgIpc) is 3.24. The van der Waals surface area contributed by atoms with Crippen LogP contribution in [0.3, 0.4) is 0 Å². The van der Waals surface area contributed by atoms with Crippen LogP contribution in [0.2, 0.25) is 0 Å². The summed E-state index contributed by atoms with van der Waals surface area (Å²) in [7, 11) is 1.61. The Morgan fingerprint density at radius 1 is 1.07 bits per heavy atom. The van der Waals surface area contributed by atoms with Crippen LogP contribution in [0.25, 0.3) is 11.3 Å². The lowest BCUT2D eigenvalue weighted by Gasteiger charge is -2.31. The van der Waals surface area contributed by atoms with Crippen LogP contribution < -0.4 is 9.47 Å². The van der Waals surface area contributed by atoms with Crippen molar-refractivity contribution < 1.29 is 18.8 Å². The molecule has 0 atom stereocenters. The van der Waals surface area contributed by atoms with Crippen LogP contribution in [0.4, 0.5) is 0 Å². The minimum Gasteiger partial charge on any atom is -0.497 e. The number of benzene rings is 2. The number of rotatable bonds is 5. The summed E-state index contributed by atoms with van der Waals surface area (Å²) in [5.74, 6) is 1.73. The van der Waals surface area contributed by atoms with Crippen LogP contribution in [-0.4, -0.2) is 42.3 Å². The number of piperidine rings is 1. The zero-order valence-electron chi connectivity index (χ0n) is 16.6. The Kier molecular flexibility index (Phi) is 5.51. The number of aromatic nitrogens is 1. The highest BCUT2D eigenvalue weighted by atomic mass is 16.5. The normalized spacial score (nSPS) is 14.6. The van der Waals surface area contributed by atoms with Crippen LogP contribution >= 0.6 is 0 Å². The van der Waals surface area contributed by atoms with Crippen molar-refractivity contribution in [2.45, 2.75) is 25.9 Å². The van der Waals surface area contributed by atoms with Gasteiger partial charge in [0.1, 0.15) is 23.3 Å². The van der Waals surface area contributed by atoms with E-state index in [1.165, 1.54) is 5.56 Å². The van der Waals surface area contributed by atoms with Gasteiger partial charge in [-0.1, -0.05) is 29.4 Å². The first-order valence-corrected chi connectivity index (χ1v) is 9.76. The summed E-state index contributed by atoms with van der Waals surface area (Å²) in [6.45, 7) is 3.31. The minimum absolute atomic E-state index is 0.114. The zero-order chi connectivity index (χ0) is 20.2. The van der Waals surface area contributed by atoms with Crippen molar-refractivity contribution in [1.82, 2.24) is 10.1 Å². The van der Waals surface area contributed by atoms with Gasteiger partial charge in [0.2, 0.25) is 5.76 Å². The van der Waals surface area contributed by atoms with Gasteiger partial charge >= 0.3 is 0 Å². The van der Waals surface area contributed by atoms with Gasteiger partial charge < -0.3 is 18.9 Å². The second-order valence-electron chi connectivity index (χ2n) is 7.23. The van der Waals surface area contributed by atoms with Gasteiger partial charge in [0.05, 0.1) is 7.11 Å². The van der Waals surface area contributed by atoms with Crippen molar-refractivity contribution in [1.29, 1.82) is 0 Å². The van der Waals surface area contributed by atoms with E-state index < -0.39 is 0 Å². The number of likely N-dealkylation sites (tertiary alicyclic amines) is 1. The fourth-order valence-electron chi connectivity index (χ4n) is 3.51. The fraction of sp³-hybridized carbons (Fsp3) is 0.304. The molecule has 1 fully saturated rings. The number of carbonyl (C=O) groups excluding carboxylic acids is 1. The largest absolute Gasteiger partial charge is 0.497 e. The maximum absolute atomic E-state index is 12.8. The lowest BCUT2D eigenvalue weighted by molar-refractivity contribution is 0.0558. The molecule has 4 rings (SSSR count). The molecule has 0 aliphatic carbocycles. The smallest absolute Gasteiger partial charge is 0.292 e. The number of methoxy groups -OCH3 is 1. The van der Waals surface area contributed by atoms with Gasteiger partial charge in [0, 0.05) is 37.6 Å². The van der Waals surface area contributed by atoms with Crippen molar-refractivity contribution in [3.8, 4) is 22.8 Å². The van der Waals surface area contributed by atoms with Crippen LogP contribution in [0, 0.1) is 6.92 Å². The number of ether oxygens (including phenoxy) is 2. The van der Waals surface area contributed by atoms with Gasteiger partial charge in [-0.25, -0.2) is 0 Å². The Morgan fingerprint density at radius 2 is 1.83 bits per heavy atom. The highest BCUT2D eigenvalue weighted by Gasteiger charge is 2.27. The Balaban J connectivity index is 1.37. The molecule has 0 N–H and O–H groups in total. The van der Waals surface area contributed by atoms with Crippen LogP contribution in [0.5, 0.6) is 11.5 Å². The Bertz CT molecular complexity index is 990. The molecule has 6 heteroatoms. The predicted molar refractivity (Wildman–Crippen MR) is 109 cm³/mol. The molecule has 2 aromatic carbocycles. The number of nitrogens with zero attached hydrogens (tertiary/aromatic N) is 2. The molecule has 0 bridgehead atoms. The van der Waals surface area contributed by atoms with E-state index in [-0.39, 0.29) is 17.8 Å². The molecule has 0 radical (unpaired) electrons. The van der Waals surface area contributed by atoms with E-state index >= 15 is 0 Å². The first kappa shape index (κ1) is 19.1. The zero-order valence-corrected chi connectivity index (χ0v) is 16.6. The molecule has 1 saturated heterocycles. The molecule has 6 nitrogen and oxygen atoms in total. The first-order chi connectivity index (χ1) is 14.1. The Hall–Kier alpha value is -3.28. The molecule has 3 aromatic rings. The third-order valence-corrected chi connectivity index (χ3v) is 5.11. The van der Waals surface area contributed by atoms with Crippen molar-refractivity contribution >= 4 is 5.91 Å². The maximum atomic E-state index is 12.8. The topological polar surface area (TPSA) is 64.8 Å². The van der Waals surface area contributed by atoms with Gasteiger partial charge in [-0.05, 0) is 36.8 Å². The molecule has 1 aliphatic rings. The summed E-state index contributed by atoms with van der Waals surface area (Å²) in [5.41, 5.74) is 2.63. The van der Waals surface area contributed by atoms with Crippen LogP contribution in [-0.2, 0) is 0 Å². The van der Waals surface area contributed by atoms with Gasteiger partial charge in [-0.3, -0.25) is 4.79 Å². The predicted octanol–water partition coefficient (Wildman–Crippen LogP) is 4.34. The second kappa shape index (κ2) is 8.39. The summed E-state index contributed by atoms with van der Waals surface area (Å²) >= 11 is 0. The van der Waals surface area contributed by atoms with Crippen molar-refractivity contribution in [3.05, 3.63) is 65.9 Å². The van der Waals surface area contributed by atoms with Crippen LogP contribution in [0.1, 0.15) is 29.0 Å². The number of aryl methyl sites for hydroxylation is 1. The monoisotopic (exact) mass is 392 g/mol. The maximum Gasteiger partial charge on any atom is 0.292 e. The molecule has 1 aliphatic heterocycles. The highest BCUT2D eigenvalue weighted by molar-refractivity contribution is 5.92. The van der Waals surface area contributed by atoms with E-state index in [4.69, 9.17) is 14.0 Å². The molecular weight excluding hydrogens is 368 g/mol. The number of carbonyl (C=O) groups is 1. The van der Waals surface area contributed by atoms with Crippen LogP contribution in [0.15, 0.2) is 59.1 Å². The summed E-state index contributed by atoms with van der Waals surface area (Å²) in [6, 6.07) is 17.2. The van der Waals surface area contributed by atoms with Crippen molar-refractivity contribution in [2.24, 2.45) is 0 Å². The average molecular weight is 392 g/mol. The summed E-state index contributed by atoms with van der Waals surface area (Å²) in [4.78, 5) is 14.6. The van der Waals surface area contributed by atoms with Crippen molar-refractivity contribution in [3.63, 3.8) is 0 Å². The first-order valence-electron chi connectivity index (χ1n) is 9.76. The van der Waals surface area contributed by atoms with E-state index in [1.54, 1.807) is 18.1 Å². The molecule has 1 aromatic heterocycles. The Morgan fingerprint density at radius 3 is 2.59 bits per heavy atom.